The van der Waals surface area contributed by atoms with E-state index in [1.165, 1.54) is 17.4 Å². The molecule has 25 atom stereocenters. The molecule has 0 bridgehead atoms. The highest BCUT2D eigenvalue weighted by Gasteiger charge is 2.72. The summed E-state index contributed by atoms with van der Waals surface area (Å²) in [5, 5.41) is 0. The van der Waals surface area contributed by atoms with Crippen molar-refractivity contribution in [1.29, 1.82) is 0 Å². The van der Waals surface area contributed by atoms with Gasteiger partial charge < -0.3 is 42.4 Å². The molecule has 7 fully saturated rings. The lowest BCUT2D eigenvalue weighted by Crippen LogP contribution is -2.68. The number of carbonyl (C=O) groups is 2. The zero-order valence-corrected chi connectivity index (χ0v) is 54.6. The van der Waals surface area contributed by atoms with Gasteiger partial charge in [0.05, 0.1) is 53.6 Å². The van der Waals surface area contributed by atoms with Crippen molar-refractivity contribution in [3.63, 3.8) is 0 Å². The Labute approximate surface area is 486 Å². The third kappa shape index (κ3) is 10.3. The minimum atomic E-state index is -2.16. The summed E-state index contributed by atoms with van der Waals surface area (Å²) in [6, 6.07) is 13.7. The Hall–Kier alpha value is -1.80. The van der Waals surface area contributed by atoms with Crippen molar-refractivity contribution in [3.8, 4) is 0 Å². The second-order valence-electron chi connectivity index (χ2n) is 30.0. The molecule has 1 aromatic rings. The predicted octanol–water partition coefficient (Wildman–Crippen LogP) is 15.4. The Kier molecular flexibility index (Phi) is 18.4. The smallest absolute Gasteiger partial charge is 0.192 e. The number of fused-ring (bicyclic) bond motifs is 7. The van der Waals surface area contributed by atoms with Crippen LogP contribution in [0.1, 0.15) is 194 Å². The van der Waals surface area contributed by atoms with Crippen LogP contribution >= 0.6 is 0 Å². The van der Waals surface area contributed by atoms with Gasteiger partial charge in [0, 0.05) is 18.9 Å². The molecule has 80 heavy (non-hydrogen) atoms. The highest BCUT2D eigenvalue weighted by molar-refractivity contribution is 6.73. The lowest BCUT2D eigenvalue weighted by Gasteiger charge is -2.72. The molecule has 11 heteroatoms. The minimum Gasteiger partial charge on any atom is -0.408 e. The van der Waals surface area contributed by atoms with E-state index in [9.17, 15) is 9.59 Å². The predicted molar refractivity (Wildman–Crippen MR) is 320 cm³/mol. The van der Waals surface area contributed by atoms with Gasteiger partial charge in [-0.3, -0.25) is 4.79 Å². The van der Waals surface area contributed by atoms with E-state index in [0.29, 0.717) is 36.4 Å². The Morgan fingerprint density at radius 2 is 1.31 bits per heavy atom. The lowest BCUT2D eigenvalue weighted by molar-refractivity contribution is -0.382. The fraction of sp³-hybridized carbons (Fsp3) is 0.855. The quantitative estimate of drug-likeness (QED) is 0.0648. The van der Waals surface area contributed by atoms with Crippen LogP contribution in [0.25, 0.3) is 0 Å². The summed E-state index contributed by atoms with van der Waals surface area (Å²) in [6.45, 7) is 41.6. The summed E-state index contributed by atoms with van der Waals surface area (Å²) in [6.07, 6.45) is 9.15. The minimum absolute atomic E-state index is 0.0132. The molecule has 4 saturated carbocycles. The van der Waals surface area contributed by atoms with Gasteiger partial charge in [-0.2, -0.15) is 0 Å². The van der Waals surface area contributed by atoms with Crippen LogP contribution in [-0.2, 0) is 53.6 Å². The molecule has 12 unspecified atom stereocenters. The first-order valence-corrected chi connectivity index (χ1v) is 35.1. The first kappa shape index (κ1) is 62.7. The van der Waals surface area contributed by atoms with E-state index in [1.807, 2.05) is 14.0 Å². The molecule has 0 N–H and O–H groups in total. The van der Waals surface area contributed by atoms with Crippen molar-refractivity contribution in [2.24, 2.45) is 85.8 Å². The van der Waals surface area contributed by atoms with E-state index >= 15 is 0 Å². The van der Waals surface area contributed by atoms with Crippen molar-refractivity contribution in [3.05, 3.63) is 47.5 Å². The fourth-order valence-electron chi connectivity index (χ4n) is 19.4. The maximum Gasteiger partial charge on any atom is 0.192 e. The zero-order chi connectivity index (χ0) is 58.3. The summed E-state index contributed by atoms with van der Waals surface area (Å²) in [4.78, 5) is 28.7. The molecule has 3 aliphatic heterocycles. The van der Waals surface area contributed by atoms with Crippen molar-refractivity contribution in [2.45, 2.75) is 281 Å². The number of ether oxygens (including phenoxy) is 7. The molecule has 3 heterocycles. The molecule has 0 radical (unpaired) electrons. The van der Waals surface area contributed by atoms with Gasteiger partial charge in [0.15, 0.2) is 27.2 Å². The van der Waals surface area contributed by atoms with Crippen LogP contribution in [-0.4, -0.2) is 95.2 Å². The molecule has 1 aromatic carbocycles. The molecule has 10 nitrogen and oxygen atoms in total. The van der Waals surface area contributed by atoms with Crippen molar-refractivity contribution >= 4 is 20.4 Å². The summed E-state index contributed by atoms with van der Waals surface area (Å²) < 4.78 is 58.9. The van der Waals surface area contributed by atoms with E-state index in [-0.39, 0.29) is 87.7 Å². The third-order valence-electron chi connectivity index (χ3n) is 26.1. The zero-order valence-electron chi connectivity index (χ0n) is 53.6. The Balaban J connectivity index is 1.10. The molecule has 0 amide bonds. The van der Waals surface area contributed by atoms with Gasteiger partial charge in [-0.1, -0.05) is 153 Å². The number of aldehydes is 1. The van der Waals surface area contributed by atoms with Gasteiger partial charge in [-0.25, -0.2) is 0 Å². The second kappa shape index (κ2) is 23.5. The van der Waals surface area contributed by atoms with Crippen molar-refractivity contribution < 1.29 is 47.2 Å². The monoisotopic (exact) mass is 1130 g/mol. The summed E-state index contributed by atoms with van der Waals surface area (Å²) in [5.74, 6) is 2.01. The van der Waals surface area contributed by atoms with Gasteiger partial charge in [0.25, 0.3) is 0 Å². The van der Waals surface area contributed by atoms with Crippen molar-refractivity contribution in [1.82, 2.24) is 0 Å². The topological polar surface area (TPSA) is 108 Å². The van der Waals surface area contributed by atoms with Crippen molar-refractivity contribution in [2.75, 3.05) is 7.11 Å². The molecule has 0 aromatic heterocycles. The van der Waals surface area contributed by atoms with Crippen LogP contribution < -0.4 is 0 Å². The normalized spacial score (nSPS) is 48.4. The summed E-state index contributed by atoms with van der Waals surface area (Å²) in [7, 11) is -0.309. The van der Waals surface area contributed by atoms with Crippen LogP contribution in [0.3, 0.4) is 0 Å². The molecule has 452 valence electrons. The van der Waals surface area contributed by atoms with E-state index in [1.54, 1.807) is 0 Å². The average molecular weight is 1130 g/mol. The SMILES string of the molecule is CCC1O[C@@H](OC2[C@H](O[C@H]3CCC4(C)C5CC=C6C7CC(C)(C)CC[C@]7(C(C)=O)[C@H](OC)CC6(C)C5(C)CC[C@H]4C3(C)C=O)OC(Cc3ccccc3)[C@H](C)[C@@H]2O[C@H]2O[C@@H](C)[C@@H](C)C(C)C2C)C(O[Si](CC)(CC)CC)[C@@H](C)[C@H]1C. The molecule has 3 saturated heterocycles. The number of hydrogen-bond acceptors (Lipinski definition) is 10. The van der Waals surface area contributed by atoms with Crippen LogP contribution in [0, 0.1) is 85.8 Å². The van der Waals surface area contributed by atoms with Gasteiger partial charge in [0.1, 0.15) is 18.2 Å². The van der Waals surface area contributed by atoms with Gasteiger partial charge >= 0.3 is 0 Å². The Bertz CT molecular complexity index is 2330. The van der Waals surface area contributed by atoms with Gasteiger partial charge in [0.2, 0.25) is 0 Å². The van der Waals surface area contributed by atoms with E-state index in [2.05, 4.69) is 154 Å². The molecular formula is C69H112O10Si. The number of allylic oxidation sites excluding steroid dienone is 2. The van der Waals surface area contributed by atoms with E-state index < -0.39 is 56.3 Å². The Morgan fingerprint density at radius 1 is 0.662 bits per heavy atom. The fourth-order valence-corrected chi connectivity index (χ4v) is 22.3. The van der Waals surface area contributed by atoms with Crippen LogP contribution in [0.5, 0.6) is 0 Å². The van der Waals surface area contributed by atoms with Crippen LogP contribution in [0.15, 0.2) is 42.0 Å². The standard InChI is InChI=1S/C69H112O10Si/c1-20-52-43(7)44(8)59(79-80(21-2,22-3)23-4)62(74-52)78-60-58(77-61-45(9)41(5)42(6)47(11)73-61)46(10)53(37-49-27-25-24-26-28-49)75-63(60)76-56-32-33-65(15)54(66(56,16)40-70)31-34-67(17)55(65)30-29-50-51-38-64(13,14)35-36-69(51,48(12)71)57(72-19)39-68(50,67)18/h24-29,40-47,51-63H,20-23,30-39H2,1-19H3/t41?,42-,43+,44-,45?,46-,47-,51?,52?,53?,54+,55?,56-,57+,58-,59?,60?,61+,62-,63-,65?,66?,67?,68?,69+/m0/s1. The molecule has 9 rings (SSSR count). The number of rotatable bonds is 17. The number of carbonyl (C=O) groups excluding carboxylic acids is 2. The van der Waals surface area contributed by atoms with E-state index in [0.717, 1.165) is 75.9 Å². The Morgan fingerprint density at radius 3 is 1.94 bits per heavy atom. The largest absolute Gasteiger partial charge is 0.408 e. The average Bonchev–Trinajstić information content (AvgIpc) is 3.21. The number of methoxy groups -OCH3 is 1. The molecule has 8 aliphatic rings. The lowest BCUT2D eigenvalue weighted by atomic mass is 9.33. The number of benzene rings is 1. The molecular weight excluding hydrogens is 1020 g/mol. The van der Waals surface area contributed by atoms with Gasteiger partial charge in [-0.05, 0) is 171 Å². The summed E-state index contributed by atoms with van der Waals surface area (Å²) in [5.41, 5.74) is 1.12. The van der Waals surface area contributed by atoms with E-state index in [4.69, 9.17) is 37.6 Å². The molecule has 5 aliphatic carbocycles. The number of ketones is 1. The summed E-state index contributed by atoms with van der Waals surface area (Å²) >= 11 is 0. The first-order chi connectivity index (χ1) is 37.7. The van der Waals surface area contributed by atoms with Gasteiger partial charge in [-0.15, -0.1) is 0 Å². The third-order valence-corrected chi connectivity index (χ3v) is 30.7. The molecule has 0 spiro atoms. The highest BCUT2D eigenvalue weighted by atomic mass is 28.4. The number of Topliss-reactive ketones (excluding diaryl/α,β-unsaturated/α-hetero) is 1. The maximum absolute atomic E-state index is 14.6. The first-order valence-electron chi connectivity index (χ1n) is 32.6. The maximum atomic E-state index is 14.6. The highest BCUT2D eigenvalue weighted by Crippen LogP contribution is 2.76. The van der Waals surface area contributed by atoms with Crippen LogP contribution in [0.4, 0.5) is 0 Å². The van der Waals surface area contributed by atoms with Crippen LogP contribution in [0.2, 0.25) is 18.1 Å². The second-order valence-corrected chi connectivity index (χ2v) is 34.7. The number of hydrogen-bond donors (Lipinski definition) is 0.